The van der Waals surface area contributed by atoms with Crippen LogP contribution in [0.1, 0.15) is 19.3 Å². The molecule has 0 unspecified atom stereocenters. The van der Waals surface area contributed by atoms with Gasteiger partial charge in [0, 0.05) is 17.5 Å². The fourth-order valence-corrected chi connectivity index (χ4v) is 3.94. The van der Waals surface area contributed by atoms with E-state index in [1.165, 1.54) is 35.5 Å². The number of benzene rings is 1. The molecule has 1 aromatic heterocycles. The van der Waals surface area contributed by atoms with Crippen LogP contribution < -0.4 is 9.80 Å². The second-order valence-electron chi connectivity index (χ2n) is 6.16. The van der Waals surface area contributed by atoms with Crippen LogP contribution in [-0.4, -0.2) is 37.1 Å². The average Bonchev–Trinajstić information content (AvgIpc) is 3.11. The molecular formula is C19H24N3OS+. The molecule has 0 bridgehead atoms. The minimum Gasteiger partial charge on any atom is -0.327 e. The van der Waals surface area contributed by atoms with Crippen molar-refractivity contribution >= 4 is 22.4 Å². The molecule has 0 saturated carbocycles. The van der Waals surface area contributed by atoms with Crippen LogP contribution in [-0.2, 0) is 4.79 Å². The highest BCUT2D eigenvalue weighted by atomic mass is 32.1. The topological polar surface area (TPSA) is 37.6 Å². The van der Waals surface area contributed by atoms with E-state index in [-0.39, 0.29) is 5.91 Å². The van der Waals surface area contributed by atoms with Gasteiger partial charge in [-0.05, 0) is 19.3 Å². The Bertz CT molecular complexity index is 677. The van der Waals surface area contributed by atoms with Crippen molar-refractivity contribution < 1.29 is 9.69 Å². The summed E-state index contributed by atoms with van der Waals surface area (Å²) in [5, 5.41) is 2.78. The zero-order chi connectivity index (χ0) is 16.8. The van der Waals surface area contributed by atoms with Crippen LogP contribution in [0.2, 0.25) is 0 Å². The molecular weight excluding hydrogens is 318 g/mol. The summed E-state index contributed by atoms with van der Waals surface area (Å²) in [7, 11) is 0. The van der Waals surface area contributed by atoms with Crippen LogP contribution in [0, 0.1) is 0 Å². The van der Waals surface area contributed by atoms with Crippen molar-refractivity contribution in [1.82, 2.24) is 4.98 Å². The minimum absolute atomic E-state index is 0.140. The van der Waals surface area contributed by atoms with E-state index in [2.05, 4.69) is 11.6 Å². The van der Waals surface area contributed by atoms with Gasteiger partial charge in [0.05, 0.1) is 18.8 Å². The molecule has 0 spiro atoms. The molecule has 4 nitrogen and oxygen atoms in total. The van der Waals surface area contributed by atoms with Gasteiger partial charge in [-0.1, -0.05) is 36.4 Å². The maximum atomic E-state index is 12.8. The number of aromatic nitrogens is 1. The Morgan fingerprint density at radius 2 is 2.00 bits per heavy atom. The van der Waals surface area contributed by atoms with Gasteiger partial charge in [0.2, 0.25) is 0 Å². The maximum Gasteiger partial charge on any atom is 0.284 e. The van der Waals surface area contributed by atoms with Crippen molar-refractivity contribution in [2.24, 2.45) is 0 Å². The Morgan fingerprint density at radius 3 is 2.71 bits per heavy atom. The monoisotopic (exact) mass is 342 g/mol. The first kappa shape index (κ1) is 16.9. The van der Waals surface area contributed by atoms with Gasteiger partial charge in [-0.25, -0.2) is 4.98 Å². The number of carbonyl (C=O) groups is 1. The van der Waals surface area contributed by atoms with Crippen molar-refractivity contribution in [2.45, 2.75) is 19.3 Å². The fourth-order valence-electron chi connectivity index (χ4n) is 3.08. The lowest BCUT2D eigenvalue weighted by Crippen LogP contribution is -3.14. The van der Waals surface area contributed by atoms with Gasteiger partial charge in [0.25, 0.3) is 5.91 Å². The molecule has 0 radical (unpaired) electrons. The Balaban J connectivity index is 1.74. The standard InChI is InChI=1S/C19H23N3OS/c1-2-11-22(18(23)14-21-12-7-4-8-13-21)19-20-17(15-24-19)16-9-5-3-6-10-16/h2-3,5-6,9-10,15H,1,4,7-8,11-14H2/p+1. The number of thiazole rings is 1. The summed E-state index contributed by atoms with van der Waals surface area (Å²) in [5.41, 5.74) is 2.00. The van der Waals surface area contributed by atoms with Crippen molar-refractivity contribution in [3.05, 3.63) is 48.4 Å². The molecule has 0 atom stereocenters. The molecule has 2 heterocycles. The number of quaternary nitrogens is 1. The number of amides is 1. The molecule has 1 amide bonds. The molecule has 1 saturated heterocycles. The Morgan fingerprint density at radius 1 is 1.25 bits per heavy atom. The Kier molecular flexibility index (Phi) is 5.77. The van der Waals surface area contributed by atoms with E-state index < -0.39 is 0 Å². The summed E-state index contributed by atoms with van der Waals surface area (Å²) in [6, 6.07) is 10.1. The Hall–Kier alpha value is -1.98. The highest BCUT2D eigenvalue weighted by Crippen LogP contribution is 2.27. The smallest absolute Gasteiger partial charge is 0.284 e. The van der Waals surface area contributed by atoms with Crippen LogP contribution in [0.25, 0.3) is 11.3 Å². The van der Waals surface area contributed by atoms with E-state index in [0.717, 1.165) is 29.5 Å². The third kappa shape index (κ3) is 4.10. The number of nitrogens with zero attached hydrogens (tertiary/aromatic N) is 2. The summed E-state index contributed by atoms with van der Waals surface area (Å²) in [5.74, 6) is 0.140. The van der Waals surface area contributed by atoms with E-state index in [4.69, 9.17) is 0 Å². The van der Waals surface area contributed by atoms with Gasteiger partial charge < -0.3 is 4.90 Å². The SMILES string of the molecule is C=CCN(C(=O)C[NH+]1CCCCC1)c1nc(-c2ccccc2)cs1. The second kappa shape index (κ2) is 8.22. The Labute approximate surface area is 147 Å². The largest absolute Gasteiger partial charge is 0.327 e. The molecule has 1 aliphatic heterocycles. The lowest BCUT2D eigenvalue weighted by atomic mass is 10.1. The third-order valence-electron chi connectivity index (χ3n) is 4.37. The molecule has 24 heavy (non-hydrogen) atoms. The molecule has 0 aliphatic carbocycles. The second-order valence-corrected chi connectivity index (χ2v) is 7.00. The molecule has 1 N–H and O–H groups in total. The van der Waals surface area contributed by atoms with Crippen LogP contribution in [0.3, 0.4) is 0 Å². The van der Waals surface area contributed by atoms with Crippen LogP contribution >= 0.6 is 11.3 Å². The van der Waals surface area contributed by atoms with Gasteiger partial charge in [-0.15, -0.1) is 17.9 Å². The van der Waals surface area contributed by atoms with Gasteiger partial charge in [-0.2, -0.15) is 0 Å². The predicted molar refractivity (Wildman–Crippen MR) is 99.5 cm³/mol. The normalized spacial score (nSPS) is 15.2. The molecule has 1 aliphatic rings. The first-order chi connectivity index (χ1) is 11.8. The number of anilines is 1. The van der Waals surface area contributed by atoms with E-state index in [9.17, 15) is 4.79 Å². The minimum atomic E-state index is 0.140. The summed E-state index contributed by atoms with van der Waals surface area (Å²) in [6.45, 7) is 7.05. The molecule has 126 valence electrons. The number of piperidine rings is 1. The van der Waals surface area contributed by atoms with Crippen molar-refractivity contribution in [2.75, 3.05) is 31.1 Å². The zero-order valence-electron chi connectivity index (χ0n) is 13.9. The first-order valence-corrected chi connectivity index (χ1v) is 9.41. The first-order valence-electron chi connectivity index (χ1n) is 8.53. The van der Waals surface area contributed by atoms with Crippen molar-refractivity contribution in [1.29, 1.82) is 0 Å². The van der Waals surface area contributed by atoms with Crippen LogP contribution in [0.15, 0.2) is 48.4 Å². The summed E-state index contributed by atoms with van der Waals surface area (Å²) in [4.78, 5) is 20.6. The van der Waals surface area contributed by atoms with E-state index in [0.29, 0.717) is 13.1 Å². The highest BCUT2D eigenvalue weighted by Gasteiger charge is 2.24. The van der Waals surface area contributed by atoms with Crippen LogP contribution in [0.4, 0.5) is 5.13 Å². The number of hydrogen-bond acceptors (Lipinski definition) is 3. The number of rotatable bonds is 6. The van der Waals surface area contributed by atoms with Gasteiger partial charge in [0.15, 0.2) is 11.7 Å². The molecule has 1 fully saturated rings. The van der Waals surface area contributed by atoms with Gasteiger partial charge >= 0.3 is 0 Å². The number of nitrogens with one attached hydrogen (secondary N) is 1. The molecule has 3 rings (SSSR count). The summed E-state index contributed by atoms with van der Waals surface area (Å²) in [6.07, 6.45) is 5.51. The summed E-state index contributed by atoms with van der Waals surface area (Å²) >= 11 is 1.52. The third-order valence-corrected chi connectivity index (χ3v) is 5.23. The fraction of sp³-hybridized carbons (Fsp3) is 0.368. The van der Waals surface area contributed by atoms with E-state index >= 15 is 0 Å². The van der Waals surface area contributed by atoms with Crippen molar-refractivity contribution in [3.8, 4) is 11.3 Å². The number of likely N-dealkylation sites (tertiary alicyclic amines) is 1. The van der Waals surface area contributed by atoms with E-state index in [1.54, 1.807) is 11.0 Å². The van der Waals surface area contributed by atoms with Gasteiger partial charge in [0.1, 0.15) is 0 Å². The quantitative estimate of drug-likeness (QED) is 0.819. The molecule has 5 heteroatoms. The molecule has 1 aromatic carbocycles. The lowest BCUT2D eigenvalue weighted by Gasteiger charge is -2.25. The van der Waals surface area contributed by atoms with Gasteiger partial charge in [-0.3, -0.25) is 9.69 Å². The number of hydrogen-bond donors (Lipinski definition) is 1. The average molecular weight is 342 g/mol. The number of carbonyl (C=O) groups excluding carboxylic acids is 1. The summed E-state index contributed by atoms with van der Waals surface area (Å²) < 4.78 is 0. The predicted octanol–water partition coefficient (Wildman–Crippen LogP) is 2.40. The highest BCUT2D eigenvalue weighted by molar-refractivity contribution is 7.14. The maximum absolute atomic E-state index is 12.8. The van der Waals surface area contributed by atoms with E-state index in [1.807, 2.05) is 35.7 Å². The molecule has 2 aromatic rings. The van der Waals surface area contributed by atoms with Crippen LogP contribution in [0.5, 0.6) is 0 Å². The zero-order valence-corrected chi connectivity index (χ0v) is 14.7. The lowest BCUT2D eigenvalue weighted by molar-refractivity contribution is -0.896. The van der Waals surface area contributed by atoms with Crippen molar-refractivity contribution in [3.63, 3.8) is 0 Å².